The number of nitrogens with zero attached hydrogens (tertiary/aromatic N) is 1. The zero-order valence-electron chi connectivity index (χ0n) is 8.92. The van der Waals surface area contributed by atoms with Crippen molar-refractivity contribution in [1.82, 2.24) is 4.98 Å². The van der Waals surface area contributed by atoms with E-state index in [0.717, 1.165) is 18.1 Å². The Morgan fingerprint density at radius 2 is 2.21 bits per heavy atom. The van der Waals surface area contributed by atoms with E-state index in [2.05, 4.69) is 17.2 Å². The molecule has 1 aromatic rings. The van der Waals surface area contributed by atoms with E-state index < -0.39 is 0 Å². The Hall–Kier alpha value is -1.25. The van der Waals surface area contributed by atoms with Gasteiger partial charge < -0.3 is 10.1 Å². The van der Waals surface area contributed by atoms with Gasteiger partial charge in [0.25, 0.3) is 0 Å². The number of aromatic nitrogens is 1. The molecule has 14 heavy (non-hydrogen) atoms. The van der Waals surface area contributed by atoms with E-state index in [9.17, 15) is 0 Å². The zero-order valence-corrected chi connectivity index (χ0v) is 8.92. The summed E-state index contributed by atoms with van der Waals surface area (Å²) >= 11 is 0. The molecule has 3 nitrogen and oxygen atoms in total. The minimum Gasteiger partial charge on any atom is -0.495 e. The lowest BCUT2D eigenvalue weighted by Gasteiger charge is -2.05. The lowest BCUT2D eigenvalue weighted by Crippen LogP contribution is -2.02. The first kappa shape index (κ1) is 10.8. The van der Waals surface area contributed by atoms with E-state index in [1.54, 1.807) is 13.3 Å². The topological polar surface area (TPSA) is 34.1 Å². The third-order valence-electron chi connectivity index (χ3n) is 2.06. The van der Waals surface area contributed by atoms with Gasteiger partial charge in [-0.2, -0.15) is 0 Å². The van der Waals surface area contributed by atoms with Crippen LogP contribution in [0.25, 0.3) is 0 Å². The van der Waals surface area contributed by atoms with Crippen molar-refractivity contribution in [2.45, 2.75) is 26.2 Å². The van der Waals surface area contributed by atoms with E-state index in [0.29, 0.717) is 0 Å². The first-order valence-electron chi connectivity index (χ1n) is 5.10. The van der Waals surface area contributed by atoms with Crippen molar-refractivity contribution in [2.75, 3.05) is 19.0 Å². The van der Waals surface area contributed by atoms with E-state index in [4.69, 9.17) is 4.74 Å². The first-order chi connectivity index (χ1) is 6.86. The summed E-state index contributed by atoms with van der Waals surface area (Å²) in [6, 6.07) is 3.85. The number of hydrogen-bond donors (Lipinski definition) is 1. The Morgan fingerprint density at radius 1 is 1.36 bits per heavy atom. The second-order valence-electron chi connectivity index (χ2n) is 3.22. The standard InChI is InChI=1S/C11H18N2O/c1-3-4-5-8-12-11-7-6-10(14-2)9-13-11/h6-7,9H,3-5,8H2,1-2H3,(H,12,13). The van der Waals surface area contributed by atoms with Gasteiger partial charge in [0.15, 0.2) is 0 Å². The number of pyridine rings is 1. The average Bonchev–Trinajstić information content (AvgIpc) is 2.25. The highest BCUT2D eigenvalue weighted by molar-refractivity contribution is 5.37. The van der Waals surface area contributed by atoms with Crippen LogP contribution in [-0.2, 0) is 0 Å². The molecule has 0 fully saturated rings. The van der Waals surface area contributed by atoms with Crippen LogP contribution < -0.4 is 10.1 Å². The lowest BCUT2D eigenvalue weighted by atomic mass is 10.2. The summed E-state index contributed by atoms with van der Waals surface area (Å²) in [6.45, 7) is 3.19. The molecule has 0 saturated carbocycles. The van der Waals surface area contributed by atoms with Crippen LogP contribution in [0.1, 0.15) is 26.2 Å². The van der Waals surface area contributed by atoms with Gasteiger partial charge in [0.2, 0.25) is 0 Å². The summed E-state index contributed by atoms with van der Waals surface area (Å²) in [5, 5.41) is 3.26. The van der Waals surface area contributed by atoms with Crippen LogP contribution in [0.15, 0.2) is 18.3 Å². The fourth-order valence-electron chi connectivity index (χ4n) is 1.20. The maximum absolute atomic E-state index is 5.02. The fraction of sp³-hybridized carbons (Fsp3) is 0.545. The van der Waals surface area contributed by atoms with Crippen molar-refractivity contribution < 1.29 is 4.74 Å². The minimum atomic E-state index is 0.795. The summed E-state index contributed by atoms with van der Waals surface area (Å²) in [5.41, 5.74) is 0. The summed E-state index contributed by atoms with van der Waals surface area (Å²) in [6.07, 6.45) is 5.44. The normalized spacial score (nSPS) is 9.86. The number of hydrogen-bond acceptors (Lipinski definition) is 3. The quantitative estimate of drug-likeness (QED) is 0.707. The molecule has 0 radical (unpaired) electrons. The molecule has 0 aromatic carbocycles. The second kappa shape index (κ2) is 6.24. The van der Waals surface area contributed by atoms with Gasteiger partial charge in [0.05, 0.1) is 13.3 Å². The van der Waals surface area contributed by atoms with Crippen LogP contribution in [0.4, 0.5) is 5.82 Å². The molecule has 1 aromatic heterocycles. The molecular weight excluding hydrogens is 176 g/mol. The molecule has 1 heterocycles. The highest BCUT2D eigenvalue weighted by Gasteiger charge is 1.93. The van der Waals surface area contributed by atoms with E-state index >= 15 is 0 Å². The van der Waals surface area contributed by atoms with Crippen molar-refractivity contribution in [3.05, 3.63) is 18.3 Å². The number of methoxy groups -OCH3 is 1. The monoisotopic (exact) mass is 194 g/mol. The smallest absolute Gasteiger partial charge is 0.137 e. The Balaban J connectivity index is 2.29. The third-order valence-corrected chi connectivity index (χ3v) is 2.06. The Kier molecular flexibility index (Phi) is 4.83. The SMILES string of the molecule is CCCCCNc1ccc(OC)cn1. The first-order valence-corrected chi connectivity index (χ1v) is 5.10. The zero-order chi connectivity index (χ0) is 10.2. The van der Waals surface area contributed by atoms with Gasteiger partial charge in [-0.05, 0) is 18.6 Å². The average molecular weight is 194 g/mol. The molecule has 1 N–H and O–H groups in total. The van der Waals surface area contributed by atoms with Crippen LogP contribution in [0.2, 0.25) is 0 Å². The molecule has 0 unspecified atom stereocenters. The van der Waals surface area contributed by atoms with E-state index in [1.807, 2.05) is 12.1 Å². The van der Waals surface area contributed by atoms with Crippen molar-refractivity contribution in [1.29, 1.82) is 0 Å². The van der Waals surface area contributed by atoms with Crippen LogP contribution in [0.3, 0.4) is 0 Å². The summed E-state index contributed by atoms with van der Waals surface area (Å²) in [4.78, 5) is 4.21. The largest absolute Gasteiger partial charge is 0.495 e. The van der Waals surface area contributed by atoms with Gasteiger partial charge >= 0.3 is 0 Å². The number of ether oxygens (including phenoxy) is 1. The van der Waals surface area contributed by atoms with Crippen molar-refractivity contribution in [2.24, 2.45) is 0 Å². The Bertz CT molecular complexity index is 246. The van der Waals surface area contributed by atoms with Gasteiger partial charge in [0, 0.05) is 6.54 Å². The lowest BCUT2D eigenvalue weighted by molar-refractivity contribution is 0.413. The molecule has 0 spiro atoms. The predicted octanol–water partition coefficient (Wildman–Crippen LogP) is 2.69. The van der Waals surface area contributed by atoms with Crippen molar-refractivity contribution in [3.8, 4) is 5.75 Å². The number of anilines is 1. The highest BCUT2D eigenvalue weighted by Crippen LogP contribution is 2.11. The van der Waals surface area contributed by atoms with Gasteiger partial charge in [-0.3, -0.25) is 0 Å². The maximum atomic E-state index is 5.02. The molecule has 0 amide bonds. The van der Waals surface area contributed by atoms with E-state index in [1.165, 1.54) is 19.3 Å². The molecule has 0 aliphatic rings. The number of nitrogens with one attached hydrogen (secondary N) is 1. The molecular formula is C11H18N2O. The summed E-state index contributed by atoms with van der Waals surface area (Å²) in [7, 11) is 1.64. The number of rotatable bonds is 6. The third kappa shape index (κ3) is 3.64. The Morgan fingerprint density at radius 3 is 2.79 bits per heavy atom. The fourth-order valence-corrected chi connectivity index (χ4v) is 1.20. The predicted molar refractivity (Wildman–Crippen MR) is 58.8 cm³/mol. The van der Waals surface area contributed by atoms with Crippen LogP contribution >= 0.6 is 0 Å². The molecule has 1 rings (SSSR count). The molecule has 0 atom stereocenters. The van der Waals surface area contributed by atoms with Gasteiger partial charge in [-0.25, -0.2) is 4.98 Å². The van der Waals surface area contributed by atoms with Crippen LogP contribution in [0, 0.1) is 0 Å². The molecule has 3 heteroatoms. The molecule has 0 aliphatic heterocycles. The molecule has 0 bridgehead atoms. The summed E-state index contributed by atoms with van der Waals surface area (Å²) < 4.78 is 5.02. The van der Waals surface area contributed by atoms with Gasteiger partial charge in [0.1, 0.15) is 11.6 Å². The second-order valence-corrected chi connectivity index (χ2v) is 3.22. The van der Waals surface area contributed by atoms with Crippen molar-refractivity contribution in [3.63, 3.8) is 0 Å². The van der Waals surface area contributed by atoms with Gasteiger partial charge in [-0.15, -0.1) is 0 Å². The maximum Gasteiger partial charge on any atom is 0.137 e. The highest BCUT2D eigenvalue weighted by atomic mass is 16.5. The van der Waals surface area contributed by atoms with Gasteiger partial charge in [-0.1, -0.05) is 19.8 Å². The number of unbranched alkanes of at least 4 members (excludes halogenated alkanes) is 2. The van der Waals surface area contributed by atoms with Crippen LogP contribution in [-0.4, -0.2) is 18.6 Å². The van der Waals surface area contributed by atoms with Crippen molar-refractivity contribution >= 4 is 5.82 Å². The van der Waals surface area contributed by atoms with E-state index in [-0.39, 0.29) is 0 Å². The van der Waals surface area contributed by atoms with Crippen LogP contribution in [0.5, 0.6) is 5.75 Å². The molecule has 0 saturated heterocycles. The molecule has 0 aliphatic carbocycles. The Labute approximate surface area is 85.5 Å². The minimum absolute atomic E-state index is 0.795. The summed E-state index contributed by atoms with van der Waals surface area (Å²) in [5.74, 6) is 1.71. The molecule has 78 valence electrons.